The monoisotopic (exact) mass is 468 g/mol. The molecule has 2 aliphatic carbocycles. The van der Waals surface area contributed by atoms with Gasteiger partial charge in [0.2, 0.25) is 0 Å². The summed E-state index contributed by atoms with van der Waals surface area (Å²) in [4.78, 5) is 13.4. The normalized spacial score (nSPS) is 49.2. The van der Waals surface area contributed by atoms with Crippen LogP contribution in [0.15, 0.2) is 23.8 Å². The second-order valence-electron chi connectivity index (χ2n) is 9.91. The number of carbonyl (C=O) groups is 1. The molecule has 1 saturated carbocycles. The number of cyclic esters (lactones) is 1. The summed E-state index contributed by atoms with van der Waals surface area (Å²) in [5.74, 6) is -3.45. The molecule has 0 radical (unpaired) electrons. The summed E-state index contributed by atoms with van der Waals surface area (Å²) in [6, 6.07) is 0. The lowest BCUT2D eigenvalue weighted by Crippen LogP contribution is -2.59. The maximum Gasteiger partial charge on any atom is 0.312 e. The second-order valence-corrected chi connectivity index (χ2v) is 9.91. The summed E-state index contributed by atoms with van der Waals surface area (Å²) in [7, 11) is 3.02. The summed E-state index contributed by atoms with van der Waals surface area (Å²) in [5.41, 5.74) is -0.275. The van der Waals surface area contributed by atoms with Gasteiger partial charge in [-0.3, -0.25) is 4.79 Å². The Morgan fingerprint density at radius 1 is 1.15 bits per heavy atom. The summed E-state index contributed by atoms with van der Waals surface area (Å²) in [6.07, 6.45) is 1.13. The van der Waals surface area contributed by atoms with E-state index in [1.165, 1.54) is 14.2 Å². The second kappa shape index (κ2) is 9.37. The highest BCUT2D eigenvalue weighted by Crippen LogP contribution is 2.61. The smallest absolute Gasteiger partial charge is 0.312 e. The number of rotatable bonds is 6. The Hall–Kier alpha value is -1.33. The van der Waals surface area contributed by atoms with Crippen LogP contribution in [0.2, 0.25) is 0 Å². The van der Waals surface area contributed by atoms with Gasteiger partial charge in [0.05, 0.1) is 44.1 Å². The molecule has 1 spiro atoms. The molecule has 2 aliphatic heterocycles. The number of hydrogen-bond donors (Lipinski definition) is 4. The molecule has 4 aliphatic rings. The van der Waals surface area contributed by atoms with Crippen LogP contribution in [0.4, 0.5) is 0 Å². The van der Waals surface area contributed by atoms with Gasteiger partial charge in [0, 0.05) is 43.8 Å². The molecule has 9 heteroatoms. The molecule has 4 rings (SSSR count). The van der Waals surface area contributed by atoms with Crippen molar-refractivity contribution in [2.24, 2.45) is 35.5 Å². The summed E-state index contributed by atoms with van der Waals surface area (Å²) in [5, 5.41) is 42.5. The number of aliphatic hydroxyl groups is 4. The van der Waals surface area contributed by atoms with Crippen LogP contribution in [0, 0.1) is 35.5 Å². The van der Waals surface area contributed by atoms with Gasteiger partial charge < -0.3 is 39.4 Å². The van der Waals surface area contributed by atoms with E-state index in [0.29, 0.717) is 0 Å². The minimum atomic E-state index is -1.25. The fraction of sp³-hybridized carbons (Fsp3) is 0.792. The molecule has 12 atom stereocenters. The third-order valence-corrected chi connectivity index (χ3v) is 8.15. The molecule has 1 saturated heterocycles. The van der Waals surface area contributed by atoms with Crippen molar-refractivity contribution in [2.45, 2.75) is 50.0 Å². The number of ether oxygens (including phenoxy) is 4. The molecule has 4 N–H and O–H groups in total. The van der Waals surface area contributed by atoms with Crippen molar-refractivity contribution in [3.05, 3.63) is 23.8 Å². The van der Waals surface area contributed by atoms with Gasteiger partial charge in [0.1, 0.15) is 17.8 Å². The van der Waals surface area contributed by atoms with E-state index in [9.17, 15) is 25.2 Å². The fourth-order valence-electron chi connectivity index (χ4n) is 6.70. The van der Waals surface area contributed by atoms with Crippen LogP contribution in [0.25, 0.3) is 0 Å². The van der Waals surface area contributed by atoms with E-state index in [-0.39, 0.29) is 19.1 Å². The zero-order valence-corrected chi connectivity index (χ0v) is 19.5. The van der Waals surface area contributed by atoms with E-state index in [0.717, 1.165) is 5.57 Å². The first-order valence-electron chi connectivity index (χ1n) is 11.6. The Bertz CT molecular complexity index is 797. The van der Waals surface area contributed by atoms with Gasteiger partial charge in [-0.2, -0.15) is 0 Å². The van der Waals surface area contributed by atoms with Gasteiger partial charge in [-0.05, 0) is 12.5 Å². The molecule has 0 aromatic rings. The molecule has 0 aromatic carbocycles. The minimum Gasteiger partial charge on any atom is -0.459 e. The molecule has 4 bridgehead atoms. The lowest BCUT2D eigenvalue weighted by molar-refractivity contribution is -0.172. The first-order valence-corrected chi connectivity index (χ1v) is 11.6. The highest BCUT2D eigenvalue weighted by atomic mass is 16.6. The van der Waals surface area contributed by atoms with Crippen molar-refractivity contribution < 1.29 is 44.2 Å². The summed E-state index contributed by atoms with van der Waals surface area (Å²) < 4.78 is 23.1. The van der Waals surface area contributed by atoms with Crippen molar-refractivity contribution in [1.29, 1.82) is 0 Å². The van der Waals surface area contributed by atoms with Gasteiger partial charge in [-0.15, -0.1) is 0 Å². The Kier molecular flexibility index (Phi) is 7.04. The van der Waals surface area contributed by atoms with Crippen LogP contribution in [-0.2, 0) is 23.7 Å². The van der Waals surface area contributed by atoms with E-state index in [4.69, 9.17) is 18.9 Å². The maximum atomic E-state index is 13.4. The highest BCUT2D eigenvalue weighted by Gasteiger charge is 2.70. The van der Waals surface area contributed by atoms with Crippen LogP contribution in [0.5, 0.6) is 0 Å². The van der Waals surface area contributed by atoms with E-state index in [1.54, 1.807) is 6.92 Å². The Balaban J connectivity index is 1.88. The summed E-state index contributed by atoms with van der Waals surface area (Å²) >= 11 is 0. The molecule has 33 heavy (non-hydrogen) atoms. The van der Waals surface area contributed by atoms with Crippen molar-refractivity contribution in [1.82, 2.24) is 0 Å². The van der Waals surface area contributed by atoms with Crippen molar-refractivity contribution in [3.8, 4) is 0 Å². The third-order valence-electron chi connectivity index (χ3n) is 8.15. The van der Waals surface area contributed by atoms with Gasteiger partial charge in [-0.1, -0.05) is 25.2 Å². The molecular weight excluding hydrogens is 432 g/mol. The Morgan fingerprint density at radius 2 is 1.85 bits per heavy atom. The zero-order valence-electron chi connectivity index (χ0n) is 19.5. The molecule has 0 aromatic heterocycles. The number of aliphatic hydroxyl groups excluding tert-OH is 4. The Labute approximate surface area is 194 Å². The van der Waals surface area contributed by atoms with Gasteiger partial charge >= 0.3 is 5.97 Å². The average molecular weight is 469 g/mol. The van der Waals surface area contributed by atoms with E-state index in [1.807, 2.05) is 25.2 Å². The number of hydrogen-bond acceptors (Lipinski definition) is 9. The third kappa shape index (κ3) is 3.69. The predicted molar refractivity (Wildman–Crippen MR) is 116 cm³/mol. The van der Waals surface area contributed by atoms with Gasteiger partial charge in [0.25, 0.3) is 0 Å². The van der Waals surface area contributed by atoms with E-state index >= 15 is 0 Å². The first kappa shape index (κ1) is 24.8. The molecule has 0 unspecified atom stereocenters. The van der Waals surface area contributed by atoms with E-state index < -0.39 is 78.3 Å². The number of methoxy groups -OCH3 is 2. The molecule has 186 valence electrons. The highest BCUT2D eigenvalue weighted by molar-refractivity contribution is 5.74. The predicted octanol–water partition coefficient (Wildman–Crippen LogP) is -0.336. The van der Waals surface area contributed by atoms with Crippen LogP contribution in [-0.4, -0.2) is 96.6 Å². The molecule has 0 amide bonds. The molecule has 9 nitrogen and oxygen atoms in total. The van der Waals surface area contributed by atoms with Crippen molar-refractivity contribution >= 4 is 5.97 Å². The SMILES string of the molecule is COC[C@H]1[C@@H](O)[C@@H]2O[C@]34/C(C)=C\[C@@H](C)[C@@H]([C@H](O)CO)OC(=O)[C@@H](COC)[C@H]3C=C[C@@H]2[C@H]4[C@@H]1O. The maximum absolute atomic E-state index is 13.4. The van der Waals surface area contributed by atoms with Crippen LogP contribution in [0.3, 0.4) is 0 Å². The molecule has 2 fully saturated rings. The van der Waals surface area contributed by atoms with Crippen LogP contribution >= 0.6 is 0 Å². The molecular formula is C24H36O9. The van der Waals surface area contributed by atoms with Crippen molar-refractivity contribution in [2.75, 3.05) is 34.0 Å². The number of esters is 1. The standard InChI is InChI=1S/C24H36O9/c1-11-7-12(2)24-16(14(9-30-3)23(29)32-21(11)17(26)8-25)6-5-13-18(24)19(27)15(10-31-4)20(28)22(13)33-24/h5-7,11,13-22,25-28H,8-10H2,1-4H3/b12-7-/t11-,13-,14+,15-,16-,17-,18+,19-,20-,21+,22-,24-/m1/s1. The largest absolute Gasteiger partial charge is 0.459 e. The quantitative estimate of drug-likeness (QED) is 0.305. The van der Waals surface area contributed by atoms with Gasteiger partial charge in [0.15, 0.2) is 0 Å². The lowest BCUT2D eigenvalue weighted by atomic mass is 9.56. The lowest BCUT2D eigenvalue weighted by Gasteiger charge is -2.49. The topological polar surface area (TPSA) is 135 Å². The first-order chi connectivity index (χ1) is 15.7. The van der Waals surface area contributed by atoms with Crippen LogP contribution in [0.1, 0.15) is 13.8 Å². The molecule has 2 heterocycles. The number of carbonyl (C=O) groups excluding carboxylic acids is 1. The Morgan fingerprint density at radius 3 is 2.48 bits per heavy atom. The van der Waals surface area contributed by atoms with Crippen LogP contribution < -0.4 is 0 Å². The fourth-order valence-corrected chi connectivity index (χ4v) is 6.70. The van der Waals surface area contributed by atoms with E-state index in [2.05, 4.69) is 0 Å². The minimum absolute atomic E-state index is 0.0464. The summed E-state index contributed by atoms with van der Waals surface area (Å²) in [6.45, 7) is 3.38. The van der Waals surface area contributed by atoms with Crippen molar-refractivity contribution in [3.63, 3.8) is 0 Å². The average Bonchev–Trinajstić information content (AvgIpc) is 2.99. The zero-order chi connectivity index (χ0) is 24.1. The van der Waals surface area contributed by atoms with Gasteiger partial charge in [-0.25, -0.2) is 0 Å².